The van der Waals surface area contributed by atoms with Crippen LogP contribution in [0.3, 0.4) is 0 Å². The van der Waals surface area contributed by atoms with Crippen molar-refractivity contribution in [2.75, 3.05) is 90.9 Å². The standard InChI is InChI=1S/C61H80N10O10/c1-36-49(47-28-76-35-63-47)50(36)55(72)65-52-54(69-30-61(31-69)33-77-34-61)56-64-46(29-79-56)38-10-13-48-42(23-38)44(26-59(3,4)32-80-58(74)45-9-8-15-71(66-45)57(52)73)53(70(48)20-22-78-41-14-21-81-60(5,6)25-41)43-24-40(27-62-51(43)37(2)75-7)68-18-16-67(17-19-68)39-11-12-39/h10,13,23-24,27-29,35-37,39,41,45,49-50,52,54,66H,8-9,11-12,14-22,25-26,30-34H2,1-7H3,(H,65,72)/t36-,37-,41-,45-,49-,50+,52-,54-/m0/s1. The molecule has 434 valence electrons. The number of amides is 2. The Morgan fingerprint density at radius 3 is 2.51 bits per heavy atom. The molecule has 6 bridgehead atoms. The minimum absolute atomic E-state index is 0.0304. The molecular formula is C61H80N10O10. The number of carbonyl (C=O) groups excluding carboxylic acids is 3. The van der Waals surface area contributed by atoms with Gasteiger partial charge in [0.05, 0.1) is 73.2 Å². The predicted molar refractivity (Wildman–Crippen MR) is 300 cm³/mol. The Morgan fingerprint density at radius 2 is 1.78 bits per heavy atom. The highest BCUT2D eigenvalue weighted by atomic mass is 16.5. The zero-order valence-corrected chi connectivity index (χ0v) is 48.1. The molecule has 7 fully saturated rings. The molecule has 1 spiro atoms. The minimum Gasteiger partial charge on any atom is -0.464 e. The fourth-order valence-corrected chi connectivity index (χ4v) is 14.0. The number of esters is 1. The van der Waals surface area contributed by atoms with Gasteiger partial charge in [-0.2, -0.15) is 0 Å². The number of methoxy groups -OCH3 is 1. The van der Waals surface area contributed by atoms with Crippen molar-refractivity contribution in [1.82, 2.24) is 45.1 Å². The van der Waals surface area contributed by atoms with Crippen LogP contribution in [0.5, 0.6) is 0 Å². The van der Waals surface area contributed by atoms with Gasteiger partial charge in [-0.05, 0) is 89.0 Å². The number of piperazine rings is 1. The summed E-state index contributed by atoms with van der Waals surface area (Å²) in [5.74, 6) is -1.44. The average Bonchev–Trinajstić information content (AvgIpc) is 4.42. The van der Waals surface area contributed by atoms with Gasteiger partial charge in [-0.3, -0.25) is 34.2 Å². The number of benzene rings is 1. The summed E-state index contributed by atoms with van der Waals surface area (Å²) in [6.45, 7) is 21.0. The van der Waals surface area contributed by atoms with Gasteiger partial charge in [-0.25, -0.2) is 15.4 Å². The van der Waals surface area contributed by atoms with E-state index < -0.39 is 41.3 Å². The smallest absolute Gasteiger partial charge is 0.324 e. The number of cyclic esters (lactones) is 1. The summed E-state index contributed by atoms with van der Waals surface area (Å²) in [5.41, 5.74) is 10.4. The molecule has 5 saturated heterocycles. The first-order chi connectivity index (χ1) is 39.0. The molecule has 0 unspecified atom stereocenters. The van der Waals surface area contributed by atoms with Crippen LogP contribution in [0.15, 0.2) is 58.2 Å². The predicted octanol–water partition coefficient (Wildman–Crippen LogP) is 6.84. The number of pyridine rings is 1. The number of aromatic nitrogens is 4. The van der Waals surface area contributed by atoms with Crippen LogP contribution in [0, 0.1) is 22.7 Å². The van der Waals surface area contributed by atoms with Crippen molar-refractivity contribution in [3.05, 3.63) is 72.2 Å². The molecule has 10 heterocycles. The number of nitrogens with zero attached hydrogens (tertiary/aromatic N) is 8. The Kier molecular flexibility index (Phi) is 14.4. The summed E-state index contributed by atoms with van der Waals surface area (Å²) in [4.78, 5) is 66.8. The first-order valence-electron chi connectivity index (χ1n) is 29.7. The minimum atomic E-state index is -1.15. The maximum Gasteiger partial charge on any atom is 0.324 e. The third kappa shape index (κ3) is 10.7. The fourth-order valence-electron chi connectivity index (χ4n) is 14.0. The van der Waals surface area contributed by atoms with Crippen LogP contribution in [0.25, 0.3) is 33.4 Å². The van der Waals surface area contributed by atoms with E-state index in [1.165, 1.54) is 24.2 Å². The first-order valence-corrected chi connectivity index (χ1v) is 29.7. The number of ether oxygens (including phenoxy) is 5. The molecule has 13 rings (SSSR count). The fraction of sp³-hybridized carbons (Fsp3) is 0.639. The van der Waals surface area contributed by atoms with E-state index in [0.29, 0.717) is 95.2 Å². The molecule has 2 saturated carbocycles. The van der Waals surface area contributed by atoms with Crippen LogP contribution in [0.2, 0.25) is 0 Å². The molecule has 0 radical (unpaired) electrons. The number of likely N-dealkylation sites (tertiary alicyclic amines) is 1. The number of nitrogens with one attached hydrogen (secondary N) is 2. The summed E-state index contributed by atoms with van der Waals surface area (Å²) in [5, 5.41) is 5.74. The lowest BCUT2D eigenvalue weighted by molar-refractivity contribution is -0.204. The van der Waals surface area contributed by atoms with Crippen molar-refractivity contribution in [3.8, 4) is 22.5 Å². The third-order valence-corrected chi connectivity index (χ3v) is 18.8. The topological polar surface area (TPSA) is 204 Å². The van der Waals surface area contributed by atoms with Gasteiger partial charge >= 0.3 is 5.97 Å². The molecule has 20 heteroatoms. The number of anilines is 1. The Labute approximate surface area is 473 Å². The zero-order valence-electron chi connectivity index (χ0n) is 48.1. The number of hydrogen-bond acceptors (Lipinski definition) is 17. The molecular weight excluding hydrogens is 1030 g/mol. The van der Waals surface area contributed by atoms with Crippen molar-refractivity contribution in [1.29, 1.82) is 0 Å². The third-order valence-electron chi connectivity index (χ3n) is 18.8. The number of carbonyl (C=O) groups is 3. The number of hydrogen-bond donors (Lipinski definition) is 2. The van der Waals surface area contributed by atoms with Gasteiger partial charge in [0.2, 0.25) is 11.8 Å². The van der Waals surface area contributed by atoms with Crippen LogP contribution in [0.4, 0.5) is 5.69 Å². The molecule has 20 nitrogen and oxygen atoms in total. The van der Waals surface area contributed by atoms with Gasteiger partial charge < -0.3 is 47.3 Å². The maximum absolute atomic E-state index is 15.4. The van der Waals surface area contributed by atoms with Crippen molar-refractivity contribution in [3.63, 3.8) is 0 Å². The number of oxazole rings is 2. The van der Waals surface area contributed by atoms with Gasteiger partial charge in [-0.1, -0.05) is 26.8 Å². The molecule has 1 aromatic carbocycles. The van der Waals surface area contributed by atoms with Gasteiger partial charge in [0.1, 0.15) is 36.3 Å². The Morgan fingerprint density at radius 1 is 0.963 bits per heavy atom. The second kappa shape index (κ2) is 21.5. The van der Waals surface area contributed by atoms with Crippen LogP contribution in [-0.4, -0.2) is 168 Å². The first kappa shape index (κ1) is 54.5. The highest BCUT2D eigenvalue weighted by molar-refractivity contribution is 5.96. The summed E-state index contributed by atoms with van der Waals surface area (Å²) < 4.78 is 45.5. The van der Waals surface area contributed by atoms with E-state index in [1.54, 1.807) is 19.6 Å². The molecule has 81 heavy (non-hydrogen) atoms. The lowest BCUT2D eigenvalue weighted by atomic mass is 9.76. The molecule has 2 N–H and O–H groups in total. The number of hydrazine groups is 1. The van der Waals surface area contributed by atoms with Crippen LogP contribution < -0.4 is 15.6 Å². The lowest BCUT2D eigenvalue weighted by Crippen LogP contribution is -2.70. The lowest BCUT2D eigenvalue weighted by Gasteiger charge is -2.57. The molecule has 5 aromatic rings. The second-order valence-corrected chi connectivity index (χ2v) is 26.0. The molecule has 2 amide bonds. The van der Waals surface area contributed by atoms with E-state index in [2.05, 4.69) is 93.9 Å². The number of rotatable bonds is 13. The molecule has 2 aliphatic carbocycles. The molecule has 8 aliphatic rings. The molecule has 8 atom stereocenters. The van der Waals surface area contributed by atoms with Gasteiger partial charge in [0.25, 0.3) is 5.91 Å². The van der Waals surface area contributed by atoms with Gasteiger partial charge in [-0.15, -0.1) is 0 Å². The summed E-state index contributed by atoms with van der Waals surface area (Å²) >= 11 is 0. The van der Waals surface area contributed by atoms with Crippen molar-refractivity contribution in [2.45, 2.75) is 141 Å². The van der Waals surface area contributed by atoms with E-state index in [0.717, 1.165) is 83.7 Å². The highest BCUT2D eigenvalue weighted by Crippen LogP contribution is 2.54. The van der Waals surface area contributed by atoms with Crippen LogP contribution in [0.1, 0.15) is 121 Å². The Balaban J connectivity index is 0.942. The van der Waals surface area contributed by atoms with Gasteiger partial charge in [0, 0.05) is 123 Å². The van der Waals surface area contributed by atoms with Crippen molar-refractivity contribution in [2.24, 2.45) is 22.7 Å². The van der Waals surface area contributed by atoms with E-state index in [4.69, 9.17) is 42.5 Å². The van der Waals surface area contributed by atoms with Gasteiger partial charge in [0.15, 0.2) is 6.39 Å². The van der Waals surface area contributed by atoms with Crippen LogP contribution >= 0.6 is 0 Å². The van der Waals surface area contributed by atoms with E-state index in [9.17, 15) is 9.59 Å². The Hall–Kier alpha value is -5.74. The summed E-state index contributed by atoms with van der Waals surface area (Å²) in [7, 11) is 1.73. The summed E-state index contributed by atoms with van der Waals surface area (Å²) in [6.07, 6.45) is 12.1. The second-order valence-electron chi connectivity index (χ2n) is 26.0. The van der Waals surface area contributed by atoms with E-state index in [-0.39, 0.29) is 47.6 Å². The van der Waals surface area contributed by atoms with E-state index in [1.807, 2.05) is 13.1 Å². The van der Waals surface area contributed by atoms with Crippen molar-refractivity contribution >= 4 is 34.4 Å². The largest absolute Gasteiger partial charge is 0.464 e. The normalized spacial score (nSPS) is 29.0. The molecule has 4 aromatic heterocycles. The average molecular weight is 1110 g/mol. The Bertz CT molecular complexity index is 3130. The number of fused-ring (bicyclic) bond motifs is 6. The maximum atomic E-state index is 15.4. The van der Waals surface area contributed by atoms with Crippen LogP contribution in [-0.2, 0) is 51.0 Å². The van der Waals surface area contributed by atoms with E-state index >= 15 is 4.79 Å². The highest BCUT2D eigenvalue weighted by Gasteiger charge is 2.58. The quantitative estimate of drug-likeness (QED) is 0.116. The molecule has 6 aliphatic heterocycles. The van der Waals surface area contributed by atoms with Crippen molar-refractivity contribution < 1.29 is 46.9 Å². The summed E-state index contributed by atoms with van der Waals surface area (Å²) in [6, 6.07) is 6.74. The zero-order chi connectivity index (χ0) is 56.0. The SMILES string of the molecule is CO[C@@H](C)c1ncc(N2CCN(C3CC3)CC2)cc1-c1c2c3cc(ccc3n1CCO[C@H]1CCOC(C)(C)C1)-c1coc(n1)[C@@H](N1CC3(COC3)C1)[C@H](NC(=O)[C@@H]1[C@@H](C)[C@H]1c1cocn1)C(=O)N1CCC[C@H](N1)C(=O)OCC(C)(C)C2. The monoisotopic (exact) mass is 1110 g/mol.